The van der Waals surface area contributed by atoms with Gasteiger partial charge in [-0.05, 0) is 32.0 Å². The lowest BCUT2D eigenvalue weighted by Crippen LogP contribution is -2.37. The zero-order chi connectivity index (χ0) is 13.3. The second-order valence-electron chi connectivity index (χ2n) is 4.96. The second-order valence-corrected chi connectivity index (χ2v) is 4.96. The molecule has 3 N–H and O–H groups in total. The van der Waals surface area contributed by atoms with Crippen LogP contribution in [0.2, 0.25) is 0 Å². The molecule has 0 radical (unpaired) electrons. The van der Waals surface area contributed by atoms with Crippen LogP contribution in [0.15, 0.2) is 22.6 Å². The highest BCUT2D eigenvalue weighted by Gasteiger charge is 2.25. The molecule has 5 nitrogen and oxygen atoms in total. The Kier molecular flexibility index (Phi) is 6.47. The molecule has 0 unspecified atom stereocenters. The molecule has 0 saturated carbocycles. The van der Waals surface area contributed by atoms with E-state index < -0.39 is 5.41 Å². The van der Waals surface area contributed by atoms with Crippen LogP contribution in [-0.4, -0.2) is 17.4 Å². The molecule has 0 aliphatic carbocycles. The molecule has 2 aromatic rings. The summed E-state index contributed by atoms with van der Waals surface area (Å²) in [4.78, 5) is 16.2. The van der Waals surface area contributed by atoms with E-state index >= 15 is 0 Å². The number of aromatic nitrogens is 1. The van der Waals surface area contributed by atoms with Crippen LogP contribution in [0.25, 0.3) is 11.1 Å². The fourth-order valence-corrected chi connectivity index (χ4v) is 1.51. The van der Waals surface area contributed by atoms with Crippen molar-refractivity contribution in [1.29, 1.82) is 0 Å². The van der Waals surface area contributed by atoms with E-state index in [0.717, 1.165) is 5.52 Å². The summed E-state index contributed by atoms with van der Waals surface area (Å²) < 4.78 is 5.37. The third kappa shape index (κ3) is 3.85. The molecule has 1 aromatic heterocycles. The lowest BCUT2D eigenvalue weighted by atomic mass is 9.92. The molecule has 1 amide bonds. The number of nitrogens with two attached hydrogens (primary N) is 1. The summed E-state index contributed by atoms with van der Waals surface area (Å²) in [7, 11) is 0. The van der Waals surface area contributed by atoms with Gasteiger partial charge >= 0.3 is 0 Å². The van der Waals surface area contributed by atoms with Crippen molar-refractivity contribution < 1.29 is 9.21 Å². The summed E-state index contributed by atoms with van der Waals surface area (Å²) in [5, 5.41) is 2.83. The number of amides is 1. The first-order chi connectivity index (χ1) is 8.42. The first kappa shape index (κ1) is 18.7. The topological polar surface area (TPSA) is 81.2 Å². The maximum absolute atomic E-state index is 12.0. The number of hydrogen-bond acceptors (Lipinski definition) is 4. The quantitative estimate of drug-likeness (QED) is 0.911. The number of carbonyl (C=O) groups is 1. The largest absolute Gasteiger partial charge is 0.441 e. The Morgan fingerprint density at radius 1 is 1.40 bits per heavy atom. The van der Waals surface area contributed by atoms with Gasteiger partial charge in [0.15, 0.2) is 11.5 Å². The minimum Gasteiger partial charge on any atom is -0.441 e. The standard InChI is InChI=1S/C13H17N3O2.2ClH/c1-8-15-10-6-9(4-5-11(10)18-8)16-12(17)13(2,3)7-14;;/h4-6H,7,14H2,1-3H3,(H,16,17);2*1H. The normalized spacial score (nSPS) is 10.6. The van der Waals surface area contributed by atoms with Gasteiger partial charge in [-0.1, -0.05) is 0 Å². The van der Waals surface area contributed by atoms with Gasteiger partial charge in [-0.15, -0.1) is 24.8 Å². The zero-order valence-corrected chi connectivity index (χ0v) is 13.2. The monoisotopic (exact) mass is 319 g/mol. The number of fused-ring (bicyclic) bond motifs is 1. The van der Waals surface area contributed by atoms with E-state index in [-0.39, 0.29) is 30.7 Å². The fraction of sp³-hybridized carbons (Fsp3) is 0.385. The van der Waals surface area contributed by atoms with Gasteiger partial charge < -0.3 is 15.5 Å². The Balaban J connectivity index is 0.00000180. The SMILES string of the molecule is Cc1nc2cc(NC(=O)C(C)(C)CN)ccc2o1.Cl.Cl. The van der Waals surface area contributed by atoms with E-state index in [4.69, 9.17) is 10.2 Å². The third-order valence-electron chi connectivity index (χ3n) is 2.88. The molecule has 7 heteroatoms. The first-order valence-corrected chi connectivity index (χ1v) is 5.81. The number of aryl methyl sites for hydroxylation is 1. The molecule has 0 atom stereocenters. The molecule has 0 saturated heterocycles. The highest BCUT2D eigenvalue weighted by atomic mass is 35.5. The maximum Gasteiger partial charge on any atom is 0.231 e. The van der Waals surface area contributed by atoms with Crippen molar-refractivity contribution >= 4 is 47.5 Å². The van der Waals surface area contributed by atoms with Gasteiger partial charge in [0.25, 0.3) is 0 Å². The molecule has 1 aromatic carbocycles. The first-order valence-electron chi connectivity index (χ1n) is 5.81. The van der Waals surface area contributed by atoms with Crippen molar-refractivity contribution in [2.45, 2.75) is 20.8 Å². The third-order valence-corrected chi connectivity index (χ3v) is 2.88. The van der Waals surface area contributed by atoms with Crippen LogP contribution >= 0.6 is 24.8 Å². The van der Waals surface area contributed by atoms with Crippen LogP contribution in [0.5, 0.6) is 0 Å². The number of rotatable bonds is 3. The number of oxazole rings is 1. The summed E-state index contributed by atoms with van der Waals surface area (Å²) >= 11 is 0. The van der Waals surface area contributed by atoms with Gasteiger partial charge in [0.05, 0.1) is 5.41 Å². The van der Waals surface area contributed by atoms with E-state index in [1.54, 1.807) is 39.0 Å². The van der Waals surface area contributed by atoms with Gasteiger partial charge in [-0.25, -0.2) is 4.98 Å². The van der Waals surface area contributed by atoms with Gasteiger partial charge in [0, 0.05) is 19.2 Å². The molecule has 0 aliphatic rings. The number of benzene rings is 1. The number of nitrogens with zero attached hydrogens (tertiary/aromatic N) is 1. The molecule has 0 aliphatic heterocycles. The second kappa shape index (κ2) is 6.92. The molecular weight excluding hydrogens is 301 g/mol. The van der Waals surface area contributed by atoms with Gasteiger partial charge in [-0.3, -0.25) is 4.79 Å². The van der Waals surface area contributed by atoms with Crippen molar-refractivity contribution in [3.8, 4) is 0 Å². The number of halogens is 2. The van der Waals surface area contributed by atoms with E-state index in [9.17, 15) is 4.79 Å². The summed E-state index contributed by atoms with van der Waals surface area (Å²) in [5.41, 5.74) is 7.12. The molecule has 0 bridgehead atoms. The van der Waals surface area contributed by atoms with Crippen LogP contribution in [0.3, 0.4) is 0 Å². The molecule has 0 fully saturated rings. The minimum absolute atomic E-state index is 0. The van der Waals surface area contributed by atoms with Crippen LogP contribution in [-0.2, 0) is 4.79 Å². The molecular formula is C13H19Cl2N3O2. The number of carbonyl (C=O) groups excluding carboxylic acids is 1. The van der Waals surface area contributed by atoms with E-state index in [0.29, 0.717) is 23.7 Å². The fourth-order valence-electron chi connectivity index (χ4n) is 1.51. The number of hydrogen-bond donors (Lipinski definition) is 2. The van der Waals surface area contributed by atoms with Crippen molar-refractivity contribution in [2.75, 3.05) is 11.9 Å². The molecule has 1 heterocycles. The van der Waals surface area contributed by atoms with Gasteiger partial charge in [-0.2, -0.15) is 0 Å². The molecule has 20 heavy (non-hydrogen) atoms. The van der Waals surface area contributed by atoms with Crippen LogP contribution in [0, 0.1) is 12.3 Å². The summed E-state index contributed by atoms with van der Waals surface area (Å²) in [6.45, 7) is 5.70. The van der Waals surface area contributed by atoms with E-state index in [2.05, 4.69) is 10.3 Å². The predicted molar refractivity (Wildman–Crippen MR) is 84.7 cm³/mol. The highest BCUT2D eigenvalue weighted by Crippen LogP contribution is 2.22. The Labute approximate surface area is 130 Å². The van der Waals surface area contributed by atoms with Crippen molar-refractivity contribution in [2.24, 2.45) is 11.1 Å². The lowest BCUT2D eigenvalue weighted by molar-refractivity contribution is -0.123. The Bertz CT molecular complexity index is 596. The Hall–Kier alpha value is -1.30. The lowest BCUT2D eigenvalue weighted by Gasteiger charge is -2.21. The van der Waals surface area contributed by atoms with Gasteiger partial charge in [0.1, 0.15) is 5.52 Å². The number of nitrogens with one attached hydrogen (secondary N) is 1. The number of anilines is 1. The average Bonchev–Trinajstić information content (AvgIpc) is 2.68. The van der Waals surface area contributed by atoms with Crippen LogP contribution in [0.1, 0.15) is 19.7 Å². The summed E-state index contributed by atoms with van der Waals surface area (Å²) in [6, 6.07) is 5.37. The molecule has 112 valence electrons. The maximum atomic E-state index is 12.0. The summed E-state index contributed by atoms with van der Waals surface area (Å²) in [5.74, 6) is 0.500. The van der Waals surface area contributed by atoms with Gasteiger partial charge in [0.2, 0.25) is 5.91 Å². The van der Waals surface area contributed by atoms with Crippen molar-refractivity contribution in [1.82, 2.24) is 4.98 Å². The average molecular weight is 320 g/mol. The Morgan fingerprint density at radius 2 is 2.05 bits per heavy atom. The smallest absolute Gasteiger partial charge is 0.231 e. The Morgan fingerprint density at radius 3 is 2.65 bits per heavy atom. The molecule has 0 spiro atoms. The predicted octanol–water partition coefficient (Wildman–Crippen LogP) is 2.90. The van der Waals surface area contributed by atoms with Crippen molar-refractivity contribution in [3.05, 3.63) is 24.1 Å². The van der Waals surface area contributed by atoms with Crippen LogP contribution in [0.4, 0.5) is 5.69 Å². The van der Waals surface area contributed by atoms with Crippen LogP contribution < -0.4 is 11.1 Å². The molecule has 2 rings (SSSR count). The van der Waals surface area contributed by atoms with Crippen molar-refractivity contribution in [3.63, 3.8) is 0 Å². The summed E-state index contributed by atoms with van der Waals surface area (Å²) in [6.07, 6.45) is 0. The van der Waals surface area contributed by atoms with E-state index in [1.807, 2.05) is 0 Å². The minimum atomic E-state index is -0.589. The van der Waals surface area contributed by atoms with E-state index in [1.165, 1.54) is 0 Å². The zero-order valence-electron chi connectivity index (χ0n) is 11.6. The highest BCUT2D eigenvalue weighted by molar-refractivity contribution is 5.96.